The Bertz CT molecular complexity index is 271. The third kappa shape index (κ3) is 1.55. The average Bonchev–Trinajstić information content (AvgIpc) is 2.04. The maximum absolute atomic E-state index is 10.4. The van der Waals surface area contributed by atoms with Crippen LogP contribution in [0, 0.1) is 16.2 Å². The lowest BCUT2D eigenvalue weighted by atomic mass is 10.1. The maximum Gasteiger partial charge on any atom is 0.273 e. The van der Waals surface area contributed by atoms with Crippen LogP contribution in [0.4, 0.5) is 5.69 Å². The fraction of sp³-hybridized carbons (Fsp3) is 0.250. The molecule has 0 aliphatic carbocycles. The molecule has 0 aromatic heterocycles. The van der Waals surface area contributed by atoms with Gasteiger partial charge in [0.2, 0.25) is 0 Å². The Morgan fingerprint density at radius 3 is 2.91 bits per heavy atom. The number of benzene rings is 1. The molecule has 0 unspecified atom stereocenters. The Hall–Kier alpha value is -1.38. The first-order valence-electron chi connectivity index (χ1n) is 3.39. The predicted octanol–water partition coefficient (Wildman–Crippen LogP) is 1.96. The highest BCUT2D eigenvalue weighted by molar-refractivity contribution is 5.38. The van der Waals surface area contributed by atoms with Crippen molar-refractivity contribution < 1.29 is 4.92 Å². The smallest absolute Gasteiger partial charge is 0.258 e. The molecule has 0 saturated heterocycles. The molecule has 1 aromatic carbocycles. The van der Waals surface area contributed by atoms with Crippen molar-refractivity contribution in [1.29, 1.82) is 0 Å². The molecule has 57 valence electrons. The van der Waals surface area contributed by atoms with Crippen LogP contribution in [0.1, 0.15) is 12.5 Å². The maximum atomic E-state index is 10.4. The van der Waals surface area contributed by atoms with Crippen LogP contribution < -0.4 is 0 Å². The summed E-state index contributed by atoms with van der Waals surface area (Å²) in [5, 5.41) is 10.4. The minimum atomic E-state index is -0.380. The summed E-state index contributed by atoms with van der Waals surface area (Å²) < 4.78 is 0. The molecule has 0 heterocycles. The summed E-state index contributed by atoms with van der Waals surface area (Å²) in [6.07, 6.45) is 0.686. The highest BCUT2D eigenvalue weighted by Gasteiger charge is 2.09. The topological polar surface area (TPSA) is 43.1 Å². The summed E-state index contributed by atoms with van der Waals surface area (Å²) in [5.74, 6) is 0. The summed E-state index contributed by atoms with van der Waals surface area (Å²) in [5.41, 5.74) is 0.920. The standard InChI is InChI=1S/C8H8NO2/c1-2-7-5-3-4-6-8(7)9(10)11/h3,5-6H,2H2,1H3. The van der Waals surface area contributed by atoms with Gasteiger partial charge in [0.15, 0.2) is 0 Å². The van der Waals surface area contributed by atoms with E-state index in [0.717, 1.165) is 5.56 Å². The molecule has 0 spiro atoms. The van der Waals surface area contributed by atoms with Crippen molar-refractivity contribution in [2.75, 3.05) is 0 Å². The molecule has 1 radical (unpaired) electrons. The van der Waals surface area contributed by atoms with Crippen LogP contribution in [0.2, 0.25) is 0 Å². The first kappa shape index (κ1) is 7.72. The van der Waals surface area contributed by atoms with Crippen LogP contribution in [-0.2, 0) is 6.42 Å². The molecule has 0 N–H and O–H groups in total. The summed E-state index contributed by atoms with van der Waals surface area (Å²) >= 11 is 0. The van der Waals surface area contributed by atoms with Crippen LogP contribution in [0.5, 0.6) is 0 Å². The lowest BCUT2D eigenvalue weighted by Gasteiger charge is -1.96. The first-order chi connectivity index (χ1) is 5.25. The lowest BCUT2D eigenvalue weighted by Crippen LogP contribution is -1.92. The van der Waals surface area contributed by atoms with Crippen molar-refractivity contribution in [3.8, 4) is 0 Å². The molecule has 0 bridgehead atoms. The molecule has 0 aliphatic heterocycles. The van der Waals surface area contributed by atoms with E-state index in [2.05, 4.69) is 6.07 Å². The van der Waals surface area contributed by atoms with Crippen LogP contribution in [0.3, 0.4) is 0 Å². The highest BCUT2D eigenvalue weighted by Crippen LogP contribution is 2.16. The minimum Gasteiger partial charge on any atom is -0.258 e. The molecule has 0 aliphatic rings. The van der Waals surface area contributed by atoms with E-state index in [4.69, 9.17) is 0 Å². The SMILES string of the molecule is CCc1cc[c]cc1[N+](=O)[O-]. The zero-order chi connectivity index (χ0) is 8.27. The Labute approximate surface area is 64.8 Å². The van der Waals surface area contributed by atoms with Gasteiger partial charge in [0.25, 0.3) is 5.69 Å². The largest absolute Gasteiger partial charge is 0.273 e. The van der Waals surface area contributed by atoms with E-state index < -0.39 is 0 Å². The van der Waals surface area contributed by atoms with Crippen molar-refractivity contribution in [2.45, 2.75) is 13.3 Å². The number of hydrogen-bond donors (Lipinski definition) is 0. The molecule has 3 nitrogen and oxygen atoms in total. The molecule has 0 atom stereocenters. The summed E-state index contributed by atoms with van der Waals surface area (Å²) in [6, 6.07) is 7.48. The zero-order valence-electron chi connectivity index (χ0n) is 6.20. The van der Waals surface area contributed by atoms with Gasteiger partial charge in [0, 0.05) is 11.6 Å². The average molecular weight is 150 g/mol. The molecule has 11 heavy (non-hydrogen) atoms. The summed E-state index contributed by atoms with van der Waals surface area (Å²) in [7, 11) is 0. The van der Waals surface area contributed by atoms with E-state index in [0.29, 0.717) is 6.42 Å². The monoisotopic (exact) mass is 150 g/mol. The lowest BCUT2D eigenvalue weighted by molar-refractivity contribution is -0.385. The number of nitro groups is 1. The number of nitrogens with zero attached hydrogens (tertiary/aromatic N) is 1. The fourth-order valence-electron chi connectivity index (χ4n) is 0.923. The molecule has 1 aromatic rings. The van der Waals surface area contributed by atoms with Crippen molar-refractivity contribution in [3.05, 3.63) is 39.9 Å². The van der Waals surface area contributed by atoms with Crippen molar-refractivity contribution in [3.63, 3.8) is 0 Å². The Morgan fingerprint density at radius 2 is 2.45 bits per heavy atom. The van der Waals surface area contributed by atoms with E-state index in [-0.39, 0.29) is 10.6 Å². The van der Waals surface area contributed by atoms with Gasteiger partial charge in [-0.1, -0.05) is 19.1 Å². The second-order valence-electron chi connectivity index (χ2n) is 2.17. The third-order valence-electron chi connectivity index (χ3n) is 1.51. The van der Waals surface area contributed by atoms with Crippen LogP contribution in [-0.4, -0.2) is 4.92 Å². The molecular formula is C8H8NO2. The van der Waals surface area contributed by atoms with Gasteiger partial charge in [-0.3, -0.25) is 10.1 Å². The van der Waals surface area contributed by atoms with Gasteiger partial charge in [0.05, 0.1) is 4.92 Å². The molecule has 0 fully saturated rings. The van der Waals surface area contributed by atoms with Gasteiger partial charge in [-0.15, -0.1) is 0 Å². The predicted molar refractivity (Wildman–Crippen MR) is 41.3 cm³/mol. The van der Waals surface area contributed by atoms with Crippen molar-refractivity contribution in [1.82, 2.24) is 0 Å². The number of rotatable bonds is 2. The Morgan fingerprint density at radius 1 is 1.73 bits per heavy atom. The fourth-order valence-corrected chi connectivity index (χ4v) is 0.923. The number of aryl methyl sites for hydroxylation is 1. The number of nitro benzene ring substituents is 1. The van der Waals surface area contributed by atoms with Gasteiger partial charge < -0.3 is 0 Å². The normalized spacial score (nSPS) is 9.55. The van der Waals surface area contributed by atoms with E-state index in [1.807, 2.05) is 6.92 Å². The van der Waals surface area contributed by atoms with Gasteiger partial charge in [-0.25, -0.2) is 0 Å². The third-order valence-corrected chi connectivity index (χ3v) is 1.51. The Kier molecular flexibility index (Phi) is 2.21. The molecule has 0 saturated carbocycles. The van der Waals surface area contributed by atoms with E-state index >= 15 is 0 Å². The second-order valence-corrected chi connectivity index (χ2v) is 2.17. The summed E-state index contributed by atoms with van der Waals surface area (Å²) in [6.45, 7) is 1.89. The molecular weight excluding hydrogens is 142 g/mol. The van der Waals surface area contributed by atoms with Crippen LogP contribution in [0.25, 0.3) is 0 Å². The quantitative estimate of drug-likeness (QED) is 0.477. The zero-order valence-corrected chi connectivity index (χ0v) is 6.20. The molecule has 1 rings (SSSR count). The van der Waals surface area contributed by atoms with Gasteiger partial charge in [-0.2, -0.15) is 0 Å². The van der Waals surface area contributed by atoms with Crippen molar-refractivity contribution >= 4 is 5.69 Å². The van der Waals surface area contributed by atoms with E-state index in [1.54, 1.807) is 12.1 Å². The summed E-state index contributed by atoms with van der Waals surface area (Å²) in [4.78, 5) is 9.99. The second kappa shape index (κ2) is 3.14. The van der Waals surface area contributed by atoms with Gasteiger partial charge in [0.1, 0.15) is 0 Å². The van der Waals surface area contributed by atoms with Crippen LogP contribution in [0.15, 0.2) is 18.2 Å². The first-order valence-corrected chi connectivity index (χ1v) is 3.39. The van der Waals surface area contributed by atoms with E-state index in [9.17, 15) is 10.1 Å². The molecule has 3 heteroatoms. The number of hydrogen-bond acceptors (Lipinski definition) is 2. The van der Waals surface area contributed by atoms with Gasteiger partial charge in [-0.05, 0) is 12.5 Å². The van der Waals surface area contributed by atoms with Crippen LogP contribution >= 0.6 is 0 Å². The highest BCUT2D eigenvalue weighted by atomic mass is 16.6. The van der Waals surface area contributed by atoms with Gasteiger partial charge >= 0.3 is 0 Å². The van der Waals surface area contributed by atoms with Crippen molar-refractivity contribution in [2.24, 2.45) is 0 Å². The Balaban J connectivity index is 3.12. The van der Waals surface area contributed by atoms with E-state index in [1.165, 1.54) is 6.07 Å². The molecule has 0 amide bonds. The minimum absolute atomic E-state index is 0.162.